The molecule has 3 heterocycles. The highest BCUT2D eigenvalue weighted by atomic mass is 35.5. The van der Waals surface area contributed by atoms with Gasteiger partial charge in [-0.2, -0.15) is 0 Å². The summed E-state index contributed by atoms with van der Waals surface area (Å²) in [6.07, 6.45) is 2.52. The Labute approximate surface area is 163 Å². The average molecular weight is 395 g/mol. The summed E-state index contributed by atoms with van der Waals surface area (Å²) in [5.41, 5.74) is 2.24. The highest BCUT2D eigenvalue weighted by Crippen LogP contribution is 2.42. The number of halogens is 2. The molecule has 0 unspecified atom stereocenters. The van der Waals surface area contributed by atoms with Gasteiger partial charge in [0.2, 0.25) is 0 Å². The molecule has 3 nitrogen and oxygen atoms in total. The van der Waals surface area contributed by atoms with E-state index < -0.39 is 0 Å². The molecule has 0 radical (unpaired) electrons. The van der Waals surface area contributed by atoms with Gasteiger partial charge in [0.05, 0.1) is 22.4 Å². The van der Waals surface area contributed by atoms with Gasteiger partial charge in [-0.15, -0.1) is 11.3 Å². The maximum Gasteiger partial charge on any atom is 0.186 e. The summed E-state index contributed by atoms with van der Waals surface area (Å²) in [5, 5.41) is 3.25. The zero-order chi connectivity index (χ0) is 18.7. The van der Waals surface area contributed by atoms with Crippen LogP contribution in [0.25, 0.3) is 11.3 Å². The van der Waals surface area contributed by atoms with Crippen LogP contribution in [-0.2, 0) is 10.2 Å². The molecule has 0 saturated carbocycles. The third-order valence-corrected chi connectivity index (χ3v) is 6.55. The molecule has 0 aliphatic carbocycles. The molecular weight excluding hydrogens is 371 g/mol. The van der Waals surface area contributed by atoms with Gasteiger partial charge in [0.25, 0.3) is 0 Å². The summed E-state index contributed by atoms with van der Waals surface area (Å²) in [5.74, 6) is -0.381. The predicted molar refractivity (Wildman–Crippen MR) is 106 cm³/mol. The van der Waals surface area contributed by atoms with Crippen molar-refractivity contribution in [2.45, 2.75) is 57.7 Å². The van der Waals surface area contributed by atoms with Crippen molar-refractivity contribution >= 4 is 28.1 Å². The summed E-state index contributed by atoms with van der Waals surface area (Å²) in [7, 11) is 0. The van der Waals surface area contributed by atoms with Crippen LogP contribution in [0, 0.1) is 5.82 Å². The summed E-state index contributed by atoms with van der Waals surface area (Å²) in [4.78, 5) is 7.22. The van der Waals surface area contributed by atoms with Crippen LogP contribution < -0.4 is 4.90 Å². The molecule has 2 aromatic rings. The van der Waals surface area contributed by atoms with Gasteiger partial charge in [-0.05, 0) is 42.9 Å². The van der Waals surface area contributed by atoms with Crippen molar-refractivity contribution in [3.05, 3.63) is 33.9 Å². The van der Waals surface area contributed by atoms with Crippen molar-refractivity contribution in [2.24, 2.45) is 0 Å². The van der Waals surface area contributed by atoms with E-state index in [4.69, 9.17) is 21.3 Å². The van der Waals surface area contributed by atoms with Crippen molar-refractivity contribution in [3.8, 4) is 11.3 Å². The normalized spacial score (nSPS) is 25.8. The molecule has 1 aromatic heterocycles. The third kappa shape index (κ3) is 3.14. The van der Waals surface area contributed by atoms with Gasteiger partial charge in [0.1, 0.15) is 5.82 Å². The number of morpholine rings is 1. The Morgan fingerprint density at radius 1 is 1.38 bits per heavy atom. The van der Waals surface area contributed by atoms with E-state index in [1.165, 1.54) is 6.07 Å². The zero-order valence-electron chi connectivity index (χ0n) is 15.6. The van der Waals surface area contributed by atoms with E-state index in [1.54, 1.807) is 17.4 Å². The first-order chi connectivity index (χ1) is 12.2. The second-order valence-electron chi connectivity index (χ2n) is 8.66. The number of hydrogen-bond donors (Lipinski definition) is 0. The molecule has 0 spiro atoms. The third-order valence-electron chi connectivity index (χ3n) is 5.28. The minimum atomic E-state index is -0.381. The molecule has 4 rings (SSSR count). The number of anilines is 1. The quantitative estimate of drug-likeness (QED) is 0.657. The van der Waals surface area contributed by atoms with Crippen molar-refractivity contribution in [1.29, 1.82) is 0 Å². The molecule has 1 aromatic carbocycles. The van der Waals surface area contributed by atoms with Crippen molar-refractivity contribution in [1.82, 2.24) is 4.98 Å². The molecule has 0 amide bonds. The van der Waals surface area contributed by atoms with E-state index in [0.717, 1.165) is 47.9 Å². The SMILES string of the molecule is CC(C)(C)c1c(-c2csc(N3C[C@@H]4CC[C@](C)(C3)O4)n2)ccc(F)c1Cl. The standard InChI is InChI=1S/C20H24ClFN2OS/c1-19(2,3)16-13(5-6-14(22)17(16)21)15-10-26-18(23-15)24-9-12-7-8-20(4,11-24)25-12/h5-6,10,12H,7-9,11H2,1-4H3/t12-,20+/m0/s1. The number of benzene rings is 1. The first-order valence-electron chi connectivity index (χ1n) is 9.03. The lowest BCUT2D eigenvalue weighted by Gasteiger charge is -2.38. The molecule has 2 atom stereocenters. The van der Waals surface area contributed by atoms with E-state index in [2.05, 4.69) is 11.8 Å². The topological polar surface area (TPSA) is 25.4 Å². The van der Waals surface area contributed by atoms with Crippen LogP contribution in [0.4, 0.5) is 9.52 Å². The van der Waals surface area contributed by atoms with Crippen LogP contribution in [0.5, 0.6) is 0 Å². The van der Waals surface area contributed by atoms with Crippen LogP contribution in [0.1, 0.15) is 46.1 Å². The minimum absolute atomic E-state index is 0.0650. The zero-order valence-corrected chi connectivity index (χ0v) is 17.2. The van der Waals surface area contributed by atoms with E-state index in [1.807, 2.05) is 26.2 Å². The molecule has 2 aliphatic heterocycles. The van der Waals surface area contributed by atoms with Gasteiger partial charge in [-0.1, -0.05) is 32.4 Å². The van der Waals surface area contributed by atoms with E-state index >= 15 is 0 Å². The molecule has 2 saturated heterocycles. The average Bonchev–Trinajstić information content (AvgIpc) is 3.13. The van der Waals surface area contributed by atoms with Crippen LogP contribution in [0.15, 0.2) is 17.5 Å². The largest absolute Gasteiger partial charge is 0.368 e. The lowest BCUT2D eigenvalue weighted by Crippen LogP contribution is -2.49. The molecular formula is C20H24ClFN2OS. The Kier molecular flexibility index (Phi) is 4.33. The molecule has 2 bridgehead atoms. The van der Waals surface area contributed by atoms with Crippen LogP contribution >= 0.6 is 22.9 Å². The smallest absolute Gasteiger partial charge is 0.186 e. The fourth-order valence-electron chi connectivity index (χ4n) is 4.12. The van der Waals surface area contributed by atoms with Gasteiger partial charge in [0.15, 0.2) is 5.13 Å². The predicted octanol–water partition coefficient (Wildman–Crippen LogP) is 5.66. The number of rotatable bonds is 2. The Bertz CT molecular complexity index is 847. The van der Waals surface area contributed by atoms with Gasteiger partial charge >= 0.3 is 0 Å². The Hall–Kier alpha value is -1.17. The number of thiazole rings is 1. The van der Waals surface area contributed by atoms with Gasteiger partial charge in [-0.3, -0.25) is 0 Å². The van der Waals surface area contributed by atoms with Crippen LogP contribution in [-0.4, -0.2) is 29.8 Å². The van der Waals surface area contributed by atoms with E-state index in [9.17, 15) is 4.39 Å². The molecule has 2 aliphatic rings. The fraction of sp³-hybridized carbons (Fsp3) is 0.550. The van der Waals surface area contributed by atoms with E-state index in [0.29, 0.717) is 6.10 Å². The van der Waals surface area contributed by atoms with Gasteiger partial charge in [0, 0.05) is 24.0 Å². The highest BCUT2D eigenvalue weighted by molar-refractivity contribution is 7.14. The molecule has 0 N–H and O–H groups in total. The Morgan fingerprint density at radius 2 is 2.15 bits per heavy atom. The summed E-state index contributed by atoms with van der Waals surface area (Å²) in [6, 6.07) is 3.23. The number of hydrogen-bond acceptors (Lipinski definition) is 4. The molecule has 2 fully saturated rings. The monoisotopic (exact) mass is 394 g/mol. The van der Waals surface area contributed by atoms with Gasteiger partial charge < -0.3 is 9.64 Å². The second-order valence-corrected chi connectivity index (χ2v) is 9.87. The first kappa shape index (κ1) is 18.2. The Balaban J connectivity index is 1.70. The highest BCUT2D eigenvalue weighted by Gasteiger charge is 2.43. The Morgan fingerprint density at radius 3 is 2.85 bits per heavy atom. The van der Waals surface area contributed by atoms with E-state index in [-0.39, 0.29) is 21.9 Å². The maximum atomic E-state index is 14.1. The minimum Gasteiger partial charge on any atom is -0.368 e. The lowest BCUT2D eigenvalue weighted by molar-refractivity contribution is -0.0405. The second kappa shape index (κ2) is 6.18. The first-order valence-corrected chi connectivity index (χ1v) is 10.3. The van der Waals surface area contributed by atoms with Crippen LogP contribution in [0.2, 0.25) is 5.02 Å². The lowest BCUT2D eigenvalue weighted by atomic mass is 9.83. The fourth-order valence-corrected chi connectivity index (χ4v) is 5.41. The maximum absolute atomic E-state index is 14.1. The molecule has 26 heavy (non-hydrogen) atoms. The van der Waals surface area contributed by atoms with Crippen LogP contribution in [0.3, 0.4) is 0 Å². The summed E-state index contributed by atoms with van der Waals surface area (Å²) >= 11 is 7.96. The summed E-state index contributed by atoms with van der Waals surface area (Å²) in [6.45, 7) is 10.1. The molecule has 140 valence electrons. The number of nitrogens with zero attached hydrogens (tertiary/aromatic N) is 2. The van der Waals surface area contributed by atoms with Crippen molar-refractivity contribution < 1.29 is 9.13 Å². The van der Waals surface area contributed by atoms with Gasteiger partial charge in [-0.25, -0.2) is 9.37 Å². The number of fused-ring (bicyclic) bond motifs is 2. The number of aromatic nitrogens is 1. The van der Waals surface area contributed by atoms with Crippen molar-refractivity contribution in [2.75, 3.05) is 18.0 Å². The van der Waals surface area contributed by atoms with Crippen molar-refractivity contribution in [3.63, 3.8) is 0 Å². The molecule has 6 heteroatoms. The number of ether oxygens (including phenoxy) is 1. The summed E-state index contributed by atoms with van der Waals surface area (Å²) < 4.78 is 20.2.